The number of ether oxygens (including phenoxy) is 1. The lowest BCUT2D eigenvalue weighted by molar-refractivity contribution is -0.0831. The number of aliphatic hydroxyl groups excluding tert-OH is 1. The molecule has 3 N–H and O–H groups in total. The van der Waals surface area contributed by atoms with E-state index < -0.39 is 18.6 Å². The van der Waals surface area contributed by atoms with Gasteiger partial charge in [-0.3, -0.25) is 0 Å². The predicted octanol–water partition coefficient (Wildman–Crippen LogP) is 4.38. The topological polar surface area (TPSA) is 61.7 Å². The van der Waals surface area contributed by atoms with Gasteiger partial charge in [0.1, 0.15) is 12.4 Å². The average molecular weight is 393 g/mol. The van der Waals surface area contributed by atoms with Crippen molar-refractivity contribution in [2.24, 2.45) is 0 Å². The van der Waals surface area contributed by atoms with Crippen LogP contribution in [0.3, 0.4) is 0 Å². The third-order valence-corrected chi connectivity index (χ3v) is 4.49. The Morgan fingerprint density at radius 3 is 2.32 bits per heavy atom. The van der Waals surface area contributed by atoms with Gasteiger partial charge < -0.3 is 20.3 Å². The van der Waals surface area contributed by atoms with E-state index in [0.29, 0.717) is 13.2 Å². The van der Waals surface area contributed by atoms with Gasteiger partial charge in [0.25, 0.3) is 5.92 Å². The maximum Gasteiger partial charge on any atom is 0.296 e. The van der Waals surface area contributed by atoms with Crippen LogP contribution in [-0.4, -0.2) is 36.5 Å². The van der Waals surface area contributed by atoms with Crippen molar-refractivity contribution in [3.05, 3.63) is 65.7 Å². The third kappa shape index (κ3) is 7.92. The molecule has 0 radical (unpaired) electrons. The summed E-state index contributed by atoms with van der Waals surface area (Å²) in [7, 11) is 0. The molecule has 0 aliphatic rings. The Morgan fingerprint density at radius 1 is 0.929 bits per heavy atom. The maximum atomic E-state index is 13.9. The number of aliphatic hydroxyl groups is 1. The van der Waals surface area contributed by atoms with Crippen molar-refractivity contribution in [2.75, 3.05) is 26.3 Å². The normalized spacial score (nSPS) is 12.8. The van der Waals surface area contributed by atoms with E-state index in [2.05, 4.69) is 5.32 Å². The number of hydrogen-bond acceptors (Lipinski definition) is 4. The second-order valence-electron chi connectivity index (χ2n) is 6.85. The molecule has 0 amide bonds. The van der Waals surface area contributed by atoms with Crippen molar-refractivity contribution in [1.29, 1.82) is 0 Å². The SMILES string of the molecule is Oc1ccc(C(O)CNCCCCCCOCC(F)(F)c2ccccc2)cc1. The summed E-state index contributed by atoms with van der Waals surface area (Å²) in [6.45, 7) is 0.966. The van der Waals surface area contributed by atoms with Crippen LogP contribution in [0.5, 0.6) is 5.75 Å². The molecule has 1 atom stereocenters. The van der Waals surface area contributed by atoms with Crippen LogP contribution in [0.4, 0.5) is 8.78 Å². The summed E-state index contributed by atoms with van der Waals surface area (Å²) in [4.78, 5) is 0. The molecule has 6 heteroatoms. The quantitative estimate of drug-likeness (QED) is 0.442. The Labute approximate surface area is 165 Å². The van der Waals surface area contributed by atoms with Crippen LogP contribution in [0.2, 0.25) is 0 Å². The molecule has 2 aromatic rings. The van der Waals surface area contributed by atoms with Crippen LogP contribution >= 0.6 is 0 Å². The number of nitrogens with one attached hydrogen (secondary N) is 1. The van der Waals surface area contributed by atoms with E-state index in [9.17, 15) is 19.0 Å². The molecule has 0 heterocycles. The summed E-state index contributed by atoms with van der Waals surface area (Å²) in [5.74, 6) is -2.78. The van der Waals surface area contributed by atoms with Gasteiger partial charge >= 0.3 is 0 Å². The summed E-state index contributed by atoms with van der Waals surface area (Å²) < 4.78 is 33.0. The van der Waals surface area contributed by atoms with Gasteiger partial charge in [-0.25, -0.2) is 0 Å². The van der Waals surface area contributed by atoms with Gasteiger partial charge in [-0.15, -0.1) is 0 Å². The molecule has 0 saturated heterocycles. The zero-order valence-electron chi connectivity index (χ0n) is 16.0. The van der Waals surface area contributed by atoms with E-state index >= 15 is 0 Å². The first-order chi connectivity index (χ1) is 13.5. The van der Waals surface area contributed by atoms with E-state index in [0.717, 1.165) is 37.8 Å². The minimum absolute atomic E-state index is 0.0180. The molecule has 1 unspecified atom stereocenters. The van der Waals surface area contributed by atoms with Crippen molar-refractivity contribution >= 4 is 0 Å². The van der Waals surface area contributed by atoms with Gasteiger partial charge in [-0.2, -0.15) is 8.78 Å². The molecule has 2 aromatic carbocycles. The lowest BCUT2D eigenvalue weighted by atomic mass is 10.1. The zero-order valence-corrected chi connectivity index (χ0v) is 16.0. The zero-order chi connectivity index (χ0) is 20.2. The van der Waals surface area contributed by atoms with E-state index in [4.69, 9.17) is 4.74 Å². The molecule has 28 heavy (non-hydrogen) atoms. The third-order valence-electron chi connectivity index (χ3n) is 4.49. The molecule has 0 aliphatic heterocycles. The Morgan fingerprint density at radius 2 is 1.61 bits per heavy atom. The van der Waals surface area contributed by atoms with Gasteiger partial charge in [-0.05, 0) is 37.1 Å². The molecule has 0 aliphatic carbocycles. The van der Waals surface area contributed by atoms with E-state index in [1.54, 1.807) is 42.5 Å². The highest BCUT2D eigenvalue weighted by Crippen LogP contribution is 2.27. The second-order valence-corrected chi connectivity index (χ2v) is 6.85. The fourth-order valence-corrected chi connectivity index (χ4v) is 2.83. The van der Waals surface area contributed by atoms with Crippen molar-refractivity contribution in [2.45, 2.75) is 37.7 Å². The van der Waals surface area contributed by atoms with Crippen LogP contribution in [0.1, 0.15) is 42.9 Å². The van der Waals surface area contributed by atoms with Crippen molar-refractivity contribution in [1.82, 2.24) is 5.32 Å². The maximum absolute atomic E-state index is 13.9. The summed E-state index contributed by atoms with van der Waals surface area (Å²) in [5.41, 5.74) is 0.741. The number of aromatic hydroxyl groups is 1. The molecule has 154 valence electrons. The standard InChI is InChI=1S/C22H29F2NO3/c23-22(24,19-8-4-3-5-9-19)17-28-15-7-2-1-6-14-25-16-21(27)18-10-12-20(26)13-11-18/h3-5,8-13,21,25-27H,1-2,6-7,14-17H2. The van der Waals surface area contributed by atoms with Gasteiger partial charge in [0.2, 0.25) is 0 Å². The molecule has 4 nitrogen and oxygen atoms in total. The lowest BCUT2D eigenvalue weighted by Gasteiger charge is -2.16. The molecular formula is C22H29F2NO3. The van der Waals surface area contributed by atoms with Crippen LogP contribution in [0.25, 0.3) is 0 Å². The number of halogens is 2. The minimum Gasteiger partial charge on any atom is -0.508 e. The molecule has 2 rings (SSSR count). The van der Waals surface area contributed by atoms with Gasteiger partial charge in [-0.1, -0.05) is 55.3 Å². The monoisotopic (exact) mass is 393 g/mol. The van der Waals surface area contributed by atoms with E-state index in [-0.39, 0.29) is 11.3 Å². The number of phenolic OH excluding ortho intramolecular Hbond substituents is 1. The van der Waals surface area contributed by atoms with Gasteiger partial charge in [0, 0.05) is 18.7 Å². The Balaban J connectivity index is 1.46. The highest BCUT2D eigenvalue weighted by Gasteiger charge is 2.31. The van der Waals surface area contributed by atoms with Crippen LogP contribution in [0, 0.1) is 0 Å². The number of unbranched alkanes of at least 4 members (excludes halogenated alkanes) is 3. The summed E-state index contributed by atoms with van der Waals surface area (Å²) >= 11 is 0. The van der Waals surface area contributed by atoms with Crippen molar-refractivity contribution in [3.8, 4) is 5.75 Å². The first-order valence-electron chi connectivity index (χ1n) is 9.68. The highest BCUT2D eigenvalue weighted by atomic mass is 19.3. The molecule has 0 aromatic heterocycles. The molecule has 0 bridgehead atoms. The molecule has 0 fully saturated rings. The van der Waals surface area contributed by atoms with Gasteiger partial charge in [0.05, 0.1) is 6.10 Å². The van der Waals surface area contributed by atoms with Crippen molar-refractivity contribution in [3.63, 3.8) is 0 Å². The first-order valence-corrected chi connectivity index (χ1v) is 9.68. The fraction of sp³-hybridized carbons (Fsp3) is 0.455. The minimum atomic E-state index is -2.95. The lowest BCUT2D eigenvalue weighted by Crippen LogP contribution is -2.22. The highest BCUT2D eigenvalue weighted by molar-refractivity contribution is 5.27. The average Bonchev–Trinajstić information content (AvgIpc) is 2.70. The Bertz CT molecular complexity index is 665. The Kier molecular flexibility index (Phi) is 9.34. The predicted molar refractivity (Wildman–Crippen MR) is 106 cm³/mol. The summed E-state index contributed by atoms with van der Waals surface area (Å²) in [6.07, 6.45) is 2.98. The Hall–Kier alpha value is -2.02. The van der Waals surface area contributed by atoms with Crippen LogP contribution < -0.4 is 5.32 Å². The number of alkyl halides is 2. The van der Waals surface area contributed by atoms with Gasteiger partial charge in [0.15, 0.2) is 0 Å². The van der Waals surface area contributed by atoms with Crippen molar-refractivity contribution < 1.29 is 23.7 Å². The second kappa shape index (κ2) is 11.7. The number of phenols is 1. The van der Waals surface area contributed by atoms with E-state index in [1.807, 2.05) is 0 Å². The molecule has 0 spiro atoms. The number of benzene rings is 2. The van der Waals surface area contributed by atoms with E-state index in [1.165, 1.54) is 12.1 Å². The van der Waals surface area contributed by atoms with Crippen LogP contribution in [-0.2, 0) is 10.7 Å². The smallest absolute Gasteiger partial charge is 0.296 e. The molecular weight excluding hydrogens is 364 g/mol. The summed E-state index contributed by atoms with van der Waals surface area (Å²) in [6, 6.07) is 14.2. The first kappa shape index (κ1) is 22.3. The van der Waals surface area contributed by atoms with Crippen LogP contribution in [0.15, 0.2) is 54.6 Å². The number of rotatable bonds is 13. The fourth-order valence-electron chi connectivity index (χ4n) is 2.83. The summed E-state index contributed by atoms with van der Waals surface area (Å²) in [5, 5.41) is 22.5. The molecule has 0 saturated carbocycles. The largest absolute Gasteiger partial charge is 0.508 e. The number of hydrogen-bond donors (Lipinski definition) is 3.